The predicted molar refractivity (Wildman–Crippen MR) is 105 cm³/mol. The molecule has 1 aromatic carbocycles. The largest absolute Gasteiger partial charge is 0.337 e. The second-order valence-corrected chi connectivity index (χ2v) is 6.52. The molecule has 1 aliphatic heterocycles. The normalized spacial score (nSPS) is 16.8. The van der Waals surface area contributed by atoms with Crippen LogP contribution in [0.15, 0.2) is 24.3 Å². The van der Waals surface area contributed by atoms with Crippen LogP contribution >= 0.6 is 36.6 Å². The Morgan fingerprint density at radius 2 is 2.12 bits per heavy atom. The number of hydrogen-bond donors (Lipinski definition) is 1. The van der Waals surface area contributed by atoms with Crippen molar-refractivity contribution in [2.45, 2.75) is 31.2 Å². The zero-order chi connectivity index (χ0) is 15.5. The number of aromatic nitrogens is 2. The van der Waals surface area contributed by atoms with E-state index in [2.05, 4.69) is 15.8 Å². The van der Waals surface area contributed by atoms with Gasteiger partial charge in [0.05, 0.1) is 16.8 Å². The summed E-state index contributed by atoms with van der Waals surface area (Å²) >= 11 is 1.72. The van der Waals surface area contributed by atoms with Crippen molar-refractivity contribution >= 4 is 53.5 Å². The van der Waals surface area contributed by atoms with Crippen molar-refractivity contribution in [3.63, 3.8) is 0 Å². The third-order valence-corrected chi connectivity index (χ3v) is 4.82. The Bertz CT molecular complexity index is 679. The van der Waals surface area contributed by atoms with E-state index in [4.69, 9.17) is 5.73 Å². The number of nitrogens with two attached hydrogens (primary N) is 1. The number of amides is 1. The average Bonchev–Trinajstić information content (AvgIpc) is 3.13. The number of thioether (sulfide) groups is 1. The summed E-state index contributed by atoms with van der Waals surface area (Å²) in [5.41, 5.74) is 7.77. The van der Waals surface area contributed by atoms with E-state index in [-0.39, 0.29) is 36.8 Å². The maximum atomic E-state index is 12.7. The van der Waals surface area contributed by atoms with Gasteiger partial charge in [-0.25, -0.2) is 4.98 Å². The molecule has 2 N–H and O–H groups in total. The van der Waals surface area contributed by atoms with Crippen molar-refractivity contribution in [2.24, 2.45) is 5.73 Å². The molecular weight excluding hydrogens is 367 g/mol. The Labute approximate surface area is 159 Å². The highest BCUT2D eigenvalue weighted by molar-refractivity contribution is 7.97. The lowest BCUT2D eigenvalue weighted by Gasteiger charge is -2.24. The molecule has 2 aromatic rings. The monoisotopic (exact) mass is 390 g/mol. The summed E-state index contributed by atoms with van der Waals surface area (Å²) in [5, 5.41) is 0. The minimum Gasteiger partial charge on any atom is -0.337 e. The quantitative estimate of drug-likeness (QED) is 0.851. The summed E-state index contributed by atoms with van der Waals surface area (Å²) in [6.45, 7) is 1.73. The molecule has 1 saturated heterocycles. The van der Waals surface area contributed by atoms with E-state index < -0.39 is 0 Å². The maximum Gasteiger partial charge on any atom is 0.242 e. The fourth-order valence-corrected chi connectivity index (χ4v) is 3.65. The molecule has 1 atom stereocenters. The van der Waals surface area contributed by atoms with Gasteiger partial charge in [0.25, 0.3) is 0 Å². The summed E-state index contributed by atoms with van der Waals surface area (Å²) < 4.78 is 2.06. The molecule has 1 aliphatic rings. The van der Waals surface area contributed by atoms with E-state index in [1.54, 1.807) is 11.8 Å². The summed E-state index contributed by atoms with van der Waals surface area (Å²) in [5.74, 6) is 1.92. The average molecular weight is 391 g/mol. The Kier molecular flexibility index (Phi) is 8.36. The van der Waals surface area contributed by atoms with E-state index in [0.29, 0.717) is 13.1 Å². The van der Waals surface area contributed by atoms with Gasteiger partial charge in [-0.2, -0.15) is 11.8 Å². The van der Waals surface area contributed by atoms with E-state index in [9.17, 15) is 4.79 Å². The van der Waals surface area contributed by atoms with Gasteiger partial charge in [0, 0.05) is 19.1 Å². The van der Waals surface area contributed by atoms with Crippen molar-refractivity contribution < 1.29 is 4.79 Å². The van der Waals surface area contributed by atoms with E-state index >= 15 is 0 Å². The minimum absolute atomic E-state index is 0. The third kappa shape index (κ3) is 4.17. The summed E-state index contributed by atoms with van der Waals surface area (Å²) in [6.07, 6.45) is 4.12. The lowest BCUT2D eigenvalue weighted by atomic mass is 10.2. The van der Waals surface area contributed by atoms with Crippen LogP contribution in [0.3, 0.4) is 0 Å². The molecule has 0 aliphatic carbocycles. The topological polar surface area (TPSA) is 64.2 Å². The number of rotatable bonds is 5. The molecule has 1 aromatic heterocycles. The Morgan fingerprint density at radius 3 is 2.83 bits per heavy atom. The Morgan fingerprint density at radius 1 is 1.38 bits per heavy atom. The number of hydrogen-bond acceptors (Lipinski definition) is 4. The van der Waals surface area contributed by atoms with Crippen molar-refractivity contribution in [1.82, 2.24) is 14.5 Å². The minimum atomic E-state index is 0. The number of para-hydroxylation sites is 2. The Hall–Kier alpha value is -0.950. The van der Waals surface area contributed by atoms with Gasteiger partial charge in [-0.1, -0.05) is 12.1 Å². The Balaban J connectivity index is 0.00000144. The first-order valence-corrected chi connectivity index (χ1v) is 9.06. The smallest absolute Gasteiger partial charge is 0.242 e. The van der Waals surface area contributed by atoms with Gasteiger partial charge < -0.3 is 15.2 Å². The molecule has 134 valence electrons. The van der Waals surface area contributed by atoms with Crippen LogP contribution in [0.2, 0.25) is 0 Å². The molecule has 0 radical (unpaired) electrons. The summed E-state index contributed by atoms with van der Waals surface area (Å²) in [4.78, 5) is 19.3. The van der Waals surface area contributed by atoms with Gasteiger partial charge in [0.2, 0.25) is 5.91 Å². The van der Waals surface area contributed by atoms with Crippen LogP contribution in [0.25, 0.3) is 11.0 Å². The summed E-state index contributed by atoms with van der Waals surface area (Å²) in [7, 11) is 0. The lowest BCUT2D eigenvalue weighted by Crippen LogP contribution is -2.41. The molecule has 2 heterocycles. The number of carbonyl (C=O) groups excluding carboxylic acids is 1. The first-order chi connectivity index (χ1) is 10.7. The number of benzene rings is 1. The van der Waals surface area contributed by atoms with Gasteiger partial charge in [0.1, 0.15) is 12.4 Å². The number of imidazole rings is 1. The highest BCUT2D eigenvalue weighted by atomic mass is 35.5. The molecule has 1 unspecified atom stereocenters. The zero-order valence-electron chi connectivity index (χ0n) is 13.7. The number of likely N-dealkylation sites (tertiary alicyclic amines) is 1. The van der Waals surface area contributed by atoms with Crippen molar-refractivity contribution in [2.75, 3.05) is 19.3 Å². The molecule has 1 fully saturated rings. The van der Waals surface area contributed by atoms with Gasteiger partial charge in [-0.15, -0.1) is 24.8 Å². The van der Waals surface area contributed by atoms with Crippen LogP contribution in [0.5, 0.6) is 0 Å². The maximum absolute atomic E-state index is 12.7. The molecule has 0 saturated carbocycles. The first-order valence-electron chi connectivity index (χ1n) is 7.67. The van der Waals surface area contributed by atoms with Crippen LogP contribution < -0.4 is 5.73 Å². The number of fused-ring (bicyclic) bond motifs is 1. The van der Waals surface area contributed by atoms with Crippen LogP contribution in [0.4, 0.5) is 0 Å². The van der Waals surface area contributed by atoms with Crippen LogP contribution in [-0.2, 0) is 17.1 Å². The van der Waals surface area contributed by atoms with Crippen molar-refractivity contribution in [3.05, 3.63) is 30.1 Å². The van der Waals surface area contributed by atoms with Gasteiger partial charge in [-0.3, -0.25) is 4.79 Å². The third-order valence-electron chi connectivity index (χ3n) is 4.27. The zero-order valence-corrected chi connectivity index (χ0v) is 16.1. The lowest BCUT2D eigenvalue weighted by molar-refractivity contribution is -0.132. The molecule has 0 bridgehead atoms. The molecule has 8 heteroatoms. The predicted octanol–water partition coefficient (Wildman–Crippen LogP) is 2.69. The van der Waals surface area contributed by atoms with Crippen LogP contribution in [-0.4, -0.2) is 45.7 Å². The van der Waals surface area contributed by atoms with Crippen molar-refractivity contribution in [3.8, 4) is 0 Å². The molecule has 24 heavy (non-hydrogen) atoms. The SMILES string of the molecule is CSCc1nc2ccccc2n1CC(=O)N1CCCC1CN.Cl.Cl. The van der Waals surface area contributed by atoms with Gasteiger partial charge in [-0.05, 0) is 31.2 Å². The van der Waals surface area contributed by atoms with E-state index in [1.165, 1.54) is 0 Å². The van der Waals surface area contributed by atoms with E-state index in [1.807, 2.05) is 29.2 Å². The van der Waals surface area contributed by atoms with E-state index in [0.717, 1.165) is 42.0 Å². The molecule has 0 spiro atoms. The fourth-order valence-electron chi connectivity index (χ4n) is 3.18. The molecular formula is C16H24Cl2N4OS. The van der Waals surface area contributed by atoms with Crippen LogP contribution in [0.1, 0.15) is 18.7 Å². The summed E-state index contributed by atoms with van der Waals surface area (Å²) in [6, 6.07) is 8.20. The molecule has 3 rings (SSSR count). The van der Waals surface area contributed by atoms with Crippen LogP contribution in [0, 0.1) is 0 Å². The highest BCUT2D eigenvalue weighted by Crippen LogP contribution is 2.21. The fraction of sp³-hybridized carbons (Fsp3) is 0.500. The van der Waals surface area contributed by atoms with Gasteiger partial charge in [0.15, 0.2) is 0 Å². The second kappa shape index (κ2) is 9.51. The second-order valence-electron chi connectivity index (χ2n) is 5.65. The van der Waals surface area contributed by atoms with Crippen molar-refractivity contribution in [1.29, 1.82) is 0 Å². The first kappa shape index (κ1) is 21.1. The number of carbonyl (C=O) groups is 1. The molecule has 5 nitrogen and oxygen atoms in total. The number of halogens is 2. The number of nitrogens with zero attached hydrogens (tertiary/aromatic N) is 3. The molecule has 1 amide bonds. The highest BCUT2D eigenvalue weighted by Gasteiger charge is 2.28. The van der Waals surface area contributed by atoms with Gasteiger partial charge >= 0.3 is 0 Å². The standard InChI is InChI=1S/C16H22N4OS.2ClH/c1-22-11-15-18-13-6-2-3-7-14(13)20(15)10-16(21)19-8-4-5-12(19)9-17;;/h2-3,6-7,12H,4-5,8-11,17H2,1H3;2*1H.